The Morgan fingerprint density at radius 1 is 1.29 bits per heavy atom. The van der Waals surface area contributed by atoms with Crippen LogP contribution in [-0.4, -0.2) is 6.61 Å². The summed E-state index contributed by atoms with van der Waals surface area (Å²) in [6, 6.07) is 5.86. The van der Waals surface area contributed by atoms with Gasteiger partial charge in [-0.25, -0.2) is 0 Å². The van der Waals surface area contributed by atoms with Gasteiger partial charge in [-0.2, -0.15) is 0 Å². The molecule has 0 aliphatic carbocycles. The lowest BCUT2D eigenvalue weighted by Crippen LogP contribution is -2.17. The van der Waals surface area contributed by atoms with Crippen LogP contribution < -0.4 is 10.5 Å². The first-order valence-corrected chi connectivity index (χ1v) is 4.88. The van der Waals surface area contributed by atoms with Crippen molar-refractivity contribution in [1.82, 2.24) is 0 Å². The predicted octanol–water partition coefficient (Wildman–Crippen LogP) is 3.00. The molecule has 0 spiro atoms. The summed E-state index contributed by atoms with van der Waals surface area (Å²) in [5, 5.41) is 0. The monoisotopic (exact) mass is 193 g/mol. The van der Waals surface area contributed by atoms with E-state index in [2.05, 4.69) is 20.8 Å². The zero-order valence-corrected chi connectivity index (χ0v) is 9.42. The van der Waals surface area contributed by atoms with Gasteiger partial charge in [0.05, 0.1) is 12.3 Å². The van der Waals surface area contributed by atoms with Crippen molar-refractivity contribution in [3.05, 3.63) is 23.8 Å². The molecular weight excluding hydrogens is 174 g/mol. The van der Waals surface area contributed by atoms with Crippen LogP contribution in [0.15, 0.2) is 18.2 Å². The van der Waals surface area contributed by atoms with Gasteiger partial charge in [0.25, 0.3) is 0 Å². The van der Waals surface area contributed by atoms with Crippen LogP contribution >= 0.6 is 0 Å². The van der Waals surface area contributed by atoms with Crippen LogP contribution in [0.25, 0.3) is 0 Å². The summed E-state index contributed by atoms with van der Waals surface area (Å²) in [6.07, 6.45) is 0. The summed E-state index contributed by atoms with van der Waals surface area (Å²) in [6.45, 7) is 9.08. The highest BCUT2D eigenvalue weighted by molar-refractivity contribution is 5.57. The minimum atomic E-state index is 0.163. The number of nitrogens with two attached hydrogens (primary N) is 1. The molecule has 78 valence electrons. The number of hydrogen-bond acceptors (Lipinski definition) is 2. The third-order valence-corrected chi connectivity index (χ3v) is 1.94. The van der Waals surface area contributed by atoms with Gasteiger partial charge in [-0.15, -0.1) is 0 Å². The molecule has 0 bridgehead atoms. The summed E-state index contributed by atoms with van der Waals surface area (Å²) in [5.41, 5.74) is 7.86. The third-order valence-electron chi connectivity index (χ3n) is 1.94. The molecule has 1 aromatic carbocycles. The number of hydrogen-bond donors (Lipinski definition) is 1. The molecule has 2 N–H and O–H groups in total. The topological polar surface area (TPSA) is 35.2 Å². The molecule has 0 radical (unpaired) electrons. The highest BCUT2D eigenvalue weighted by Gasteiger charge is 2.12. The van der Waals surface area contributed by atoms with E-state index in [-0.39, 0.29) is 5.41 Å². The number of nitrogen functional groups attached to an aromatic ring is 1. The number of rotatable bonds is 2. The molecule has 0 atom stereocenters. The molecule has 0 fully saturated rings. The van der Waals surface area contributed by atoms with Gasteiger partial charge < -0.3 is 10.5 Å². The van der Waals surface area contributed by atoms with Gasteiger partial charge in [0.1, 0.15) is 5.75 Å². The van der Waals surface area contributed by atoms with Crippen LogP contribution in [0.4, 0.5) is 5.69 Å². The number of benzene rings is 1. The standard InChI is InChI=1S/C12H19NO/c1-9-6-5-7-10(11(9)13)14-8-12(2,3)4/h5-7H,8,13H2,1-4H3. The Balaban J connectivity index is 2.73. The quantitative estimate of drug-likeness (QED) is 0.733. The van der Waals surface area contributed by atoms with Gasteiger partial charge in [-0.3, -0.25) is 0 Å². The molecule has 0 saturated heterocycles. The molecule has 2 nitrogen and oxygen atoms in total. The molecule has 0 amide bonds. The van der Waals surface area contributed by atoms with E-state index in [1.807, 2.05) is 25.1 Å². The fourth-order valence-corrected chi connectivity index (χ4v) is 1.07. The molecule has 0 aliphatic rings. The van der Waals surface area contributed by atoms with Crippen molar-refractivity contribution < 1.29 is 4.74 Å². The summed E-state index contributed by atoms with van der Waals surface area (Å²) >= 11 is 0. The van der Waals surface area contributed by atoms with E-state index in [1.54, 1.807) is 0 Å². The van der Waals surface area contributed by atoms with Crippen LogP contribution in [0.3, 0.4) is 0 Å². The Bertz CT molecular complexity index is 313. The first kappa shape index (κ1) is 10.9. The zero-order valence-electron chi connectivity index (χ0n) is 9.42. The first-order chi connectivity index (χ1) is 6.40. The molecule has 14 heavy (non-hydrogen) atoms. The van der Waals surface area contributed by atoms with Crippen LogP contribution in [-0.2, 0) is 0 Å². The summed E-state index contributed by atoms with van der Waals surface area (Å²) in [4.78, 5) is 0. The largest absolute Gasteiger partial charge is 0.491 e. The predicted molar refractivity (Wildman–Crippen MR) is 60.5 cm³/mol. The minimum Gasteiger partial charge on any atom is -0.491 e. The van der Waals surface area contributed by atoms with Gasteiger partial charge in [-0.05, 0) is 24.0 Å². The average molecular weight is 193 g/mol. The fourth-order valence-electron chi connectivity index (χ4n) is 1.07. The number of anilines is 1. The highest BCUT2D eigenvalue weighted by Crippen LogP contribution is 2.26. The SMILES string of the molecule is Cc1cccc(OCC(C)(C)C)c1N. The van der Waals surface area contributed by atoms with Crippen molar-refractivity contribution in [2.24, 2.45) is 5.41 Å². The lowest BCUT2D eigenvalue weighted by molar-refractivity contribution is 0.199. The Hall–Kier alpha value is -1.18. The summed E-state index contributed by atoms with van der Waals surface area (Å²) < 4.78 is 5.66. The third kappa shape index (κ3) is 2.95. The summed E-state index contributed by atoms with van der Waals surface area (Å²) in [7, 11) is 0. The molecule has 0 aliphatic heterocycles. The van der Waals surface area contributed by atoms with E-state index in [4.69, 9.17) is 10.5 Å². The van der Waals surface area contributed by atoms with Crippen molar-refractivity contribution in [1.29, 1.82) is 0 Å². The second kappa shape index (κ2) is 3.91. The molecule has 1 rings (SSSR count). The molecule has 0 unspecified atom stereocenters. The normalized spacial score (nSPS) is 11.4. The molecule has 1 aromatic rings. The Kier molecular flexibility index (Phi) is 3.04. The van der Waals surface area contributed by atoms with Gasteiger partial charge >= 0.3 is 0 Å². The van der Waals surface area contributed by atoms with E-state index < -0.39 is 0 Å². The van der Waals surface area contributed by atoms with E-state index in [9.17, 15) is 0 Å². The first-order valence-electron chi connectivity index (χ1n) is 4.88. The van der Waals surface area contributed by atoms with Gasteiger partial charge in [0, 0.05) is 0 Å². The second-order valence-electron chi connectivity index (χ2n) is 4.84. The molecule has 2 heteroatoms. The maximum absolute atomic E-state index is 5.89. The van der Waals surface area contributed by atoms with Crippen molar-refractivity contribution in [3.8, 4) is 5.75 Å². The average Bonchev–Trinajstić information content (AvgIpc) is 2.06. The Morgan fingerprint density at radius 3 is 2.50 bits per heavy atom. The van der Waals surface area contributed by atoms with Crippen LogP contribution in [0.5, 0.6) is 5.75 Å². The van der Waals surface area contributed by atoms with Gasteiger partial charge in [0.15, 0.2) is 0 Å². The smallest absolute Gasteiger partial charge is 0.142 e. The molecule has 0 heterocycles. The van der Waals surface area contributed by atoms with E-state index >= 15 is 0 Å². The lowest BCUT2D eigenvalue weighted by atomic mass is 9.99. The van der Waals surface area contributed by atoms with Crippen molar-refractivity contribution >= 4 is 5.69 Å². The van der Waals surface area contributed by atoms with Crippen LogP contribution in [0.2, 0.25) is 0 Å². The lowest BCUT2D eigenvalue weighted by Gasteiger charge is -2.20. The number of para-hydroxylation sites is 1. The molecule has 0 saturated carbocycles. The second-order valence-corrected chi connectivity index (χ2v) is 4.84. The Morgan fingerprint density at radius 2 is 1.93 bits per heavy atom. The number of ether oxygens (including phenoxy) is 1. The maximum atomic E-state index is 5.89. The van der Waals surface area contributed by atoms with Crippen LogP contribution in [0.1, 0.15) is 26.3 Å². The minimum absolute atomic E-state index is 0.163. The van der Waals surface area contributed by atoms with Crippen molar-refractivity contribution in [3.63, 3.8) is 0 Å². The van der Waals surface area contributed by atoms with Gasteiger partial charge in [0.2, 0.25) is 0 Å². The zero-order chi connectivity index (χ0) is 10.8. The maximum Gasteiger partial charge on any atom is 0.142 e. The molecule has 0 aromatic heterocycles. The Labute approximate surface area is 86.1 Å². The van der Waals surface area contributed by atoms with Crippen molar-refractivity contribution in [2.45, 2.75) is 27.7 Å². The highest BCUT2D eigenvalue weighted by atomic mass is 16.5. The fraction of sp³-hybridized carbons (Fsp3) is 0.500. The summed E-state index contributed by atoms with van der Waals surface area (Å²) in [5.74, 6) is 0.792. The van der Waals surface area contributed by atoms with Crippen molar-refractivity contribution in [2.75, 3.05) is 12.3 Å². The van der Waals surface area contributed by atoms with Crippen LogP contribution in [0, 0.1) is 12.3 Å². The number of aryl methyl sites for hydroxylation is 1. The van der Waals surface area contributed by atoms with E-state index in [0.29, 0.717) is 6.61 Å². The molecular formula is C12H19NO. The van der Waals surface area contributed by atoms with Gasteiger partial charge in [-0.1, -0.05) is 32.9 Å². The van der Waals surface area contributed by atoms with E-state index in [0.717, 1.165) is 17.0 Å². The van der Waals surface area contributed by atoms with E-state index in [1.165, 1.54) is 0 Å².